The average Bonchev–Trinajstić information content (AvgIpc) is 2.40. The molecule has 2 rings (SSSR count). The fraction of sp³-hybridized carbons (Fsp3) is 0.600. The maximum atomic E-state index is 9.14. The van der Waals surface area contributed by atoms with Gasteiger partial charge in [0, 0.05) is 12.1 Å². The molecule has 0 aromatic heterocycles. The van der Waals surface area contributed by atoms with Crippen LogP contribution in [0.4, 0.5) is 0 Å². The van der Waals surface area contributed by atoms with Gasteiger partial charge in [-0.25, -0.2) is 0 Å². The summed E-state index contributed by atoms with van der Waals surface area (Å²) >= 11 is 0. The molecule has 17 heavy (non-hydrogen) atoms. The smallest absolute Gasteiger partial charge is 0.0681 e. The van der Waals surface area contributed by atoms with Crippen molar-refractivity contribution in [1.29, 1.82) is 0 Å². The Morgan fingerprint density at radius 1 is 1.29 bits per heavy atom. The number of benzene rings is 1. The summed E-state index contributed by atoms with van der Waals surface area (Å²) in [6, 6.07) is 9.29. The molecule has 1 saturated carbocycles. The lowest BCUT2D eigenvalue weighted by Crippen LogP contribution is -2.33. The van der Waals surface area contributed by atoms with Crippen LogP contribution >= 0.6 is 0 Å². The summed E-state index contributed by atoms with van der Waals surface area (Å²) in [6.07, 6.45) is 6.74. The van der Waals surface area contributed by atoms with Crippen LogP contribution in [0.3, 0.4) is 0 Å². The van der Waals surface area contributed by atoms with Gasteiger partial charge in [0.25, 0.3) is 0 Å². The van der Waals surface area contributed by atoms with Crippen LogP contribution < -0.4 is 5.32 Å². The van der Waals surface area contributed by atoms with Gasteiger partial charge in [-0.05, 0) is 30.9 Å². The first kappa shape index (κ1) is 12.6. The van der Waals surface area contributed by atoms with Gasteiger partial charge in [0.2, 0.25) is 0 Å². The summed E-state index contributed by atoms with van der Waals surface area (Å²) in [5, 5.41) is 12.8. The van der Waals surface area contributed by atoms with E-state index in [1.165, 1.54) is 37.7 Å². The van der Waals surface area contributed by atoms with Crippen LogP contribution in [-0.2, 0) is 6.61 Å². The molecule has 1 aromatic carbocycles. The van der Waals surface area contributed by atoms with E-state index in [1.54, 1.807) is 0 Å². The van der Waals surface area contributed by atoms with E-state index in [-0.39, 0.29) is 6.61 Å². The van der Waals surface area contributed by atoms with Crippen molar-refractivity contribution in [3.05, 3.63) is 35.4 Å². The third-order valence-corrected chi connectivity index (χ3v) is 3.72. The van der Waals surface area contributed by atoms with E-state index in [0.29, 0.717) is 12.1 Å². The standard InChI is InChI=1S/C15H23NO/c1-12(16-15-8-3-2-4-9-15)14-7-5-6-13(10-14)11-17/h5-7,10,12,15-17H,2-4,8-9,11H2,1H3. The van der Waals surface area contributed by atoms with Crippen molar-refractivity contribution in [3.8, 4) is 0 Å². The van der Waals surface area contributed by atoms with Crippen LogP contribution in [0.25, 0.3) is 0 Å². The van der Waals surface area contributed by atoms with E-state index in [9.17, 15) is 0 Å². The lowest BCUT2D eigenvalue weighted by atomic mass is 9.94. The fourth-order valence-electron chi connectivity index (χ4n) is 2.68. The van der Waals surface area contributed by atoms with Crippen molar-refractivity contribution in [1.82, 2.24) is 5.32 Å². The Kier molecular flexibility index (Phi) is 4.57. The van der Waals surface area contributed by atoms with Crippen LogP contribution in [0.1, 0.15) is 56.2 Å². The molecule has 2 heteroatoms. The molecule has 0 amide bonds. The first-order chi connectivity index (χ1) is 8.29. The van der Waals surface area contributed by atoms with Crippen LogP contribution in [0.15, 0.2) is 24.3 Å². The second kappa shape index (κ2) is 6.18. The molecule has 1 aromatic rings. The lowest BCUT2D eigenvalue weighted by molar-refractivity contribution is 0.281. The number of aliphatic hydroxyl groups excluding tert-OH is 1. The molecule has 0 bridgehead atoms. The predicted molar refractivity (Wildman–Crippen MR) is 70.8 cm³/mol. The highest BCUT2D eigenvalue weighted by molar-refractivity contribution is 5.25. The maximum absolute atomic E-state index is 9.14. The average molecular weight is 233 g/mol. The summed E-state index contributed by atoms with van der Waals surface area (Å²) in [6.45, 7) is 2.34. The summed E-state index contributed by atoms with van der Waals surface area (Å²) < 4.78 is 0. The van der Waals surface area contributed by atoms with Crippen LogP contribution in [0.5, 0.6) is 0 Å². The largest absolute Gasteiger partial charge is 0.392 e. The molecule has 1 aliphatic rings. The van der Waals surface area contributed by atoms with Crippen LogP contribution in [0.2, 0.25) is 0 Å². The normalized spacial score (nSPS) is 19.2. The quantitative estimate of drug-likeness (QED) is 0.837. The van der Waals surface area contributed by atoms with E-state index in [4.69, 9.17) is 5.11 Å². The summed E-state index contributed by atoms with van der Waals surface area (Å²) in [4.78, 5) is 0. The van der Waals surface area contributed by atoms with Gasteiger partial charge < -0.3 is 10.4 Å². The van der Waals surface area contributed by atoms with E-state index in [1.807, 2.05) is 12.1 Å². The summed E-state index contributed by atoms with van der Waals surface area (Å²) in [7, 11) is 0. The lowest BCUT2D eigenvalue weighted by Gasteiger charge is -2.27. The third-order valence-electron chi connectivity index (χ3n) is 3.72. The Hall–Kier alpha value is -0.860. The van der Waals surface area contributed by atoms with Gasteiger partial charge in [-0.15, -0.1) is 0 Å². The number of rotatable bonds is 4. The molecule has 0 spiro atoms. The topological polar surface area (TPSA) is 32.3 Å². The third kappa shape index (κ3) is 3.55. The highest BCUT2D eigenvalue weighted by Crippen LogP contribution is 2.21. The number of hydrogen-bond donors (Lipinski definition) is 2. The first-order valence-electron chi connectivity index (χ1n) is 6.75. The number of nitrogens with one attached hydrogen (secondary N) is 1. The Labute approximate surface area is 104 Å². The Bertz CT molecular complexity index is 345. The molecule has 0 saturated heterocycles. The zero-order chi connectivity index (χ0) is 12.1. The highest BCUT2D eigenvalue weighted by atomic mass is 16.3. The molecule has 1 aliphatic carbocycles. The number of aliphatic hydroxyl groups is 1. The number of hydrogen-bond acceptors (Lipinski definition) is 2. The van der Waals surface area contributed by atoms with Gasteiger partial charge in [-0.3, -0.25) is 0 Å². The van der Waals surface area contributed by atoms with Gasteiger partial charge in [-0.1, -0.05) is 43.5 Å². The second-order valence-corrected chi connectivity index (χ2v) is 5.13. The molecule has 0 radical (unpaired) electrons. The van der Waals surface area contributed by atoms with E-state index in [0.717, 1.165) is 5.56 Å². The molecule has 94 valence electrons. The zero-order valence-electron chi connectivity index (χ0n) is 10.7. The van der Waals surface area contributed by atoms with Crippen LogP contribution in [-0.4, -0.2) is 11.1 Å². The monoisotopic (exact) mass is 233 g/mol. The molecular formula is C15H23NO. The van der Waals surface area contributed by atoms with Gasteiger partial charge in [0.05, 0.1) is 6.61 Å². The first-order valence-corrected chi connectivity index (χ1v) is 6.75. The van der Waals surface area contributed by atoms with Crippen molar-refractivity contribution in [2.45, 2.75) is 57.7 Å². The molecule has 0 heterocycles. The summed E-state index contributed by atoms with van der Waals surface area (Å²) in [5.74, 6) is 0. The molecule has 2 N–H and O–H groups in total. The van der Waals surface area contributed by atoms with Gasteiger partial charge in [0.1, 0.15) is 0 Å². The molecule has 1 unspecified atom stereocenters. The molecule has 0 aliphatic heterocycles. The Morgan fingerprint density at radius 3 is 2.76 bits per heavy atom. The summed E-state index contributed by atoms with van der Waals surface area (Å²) in [5.41, 5.74) is 2.28. The molecule has 1 atom stereocenters. The molecule has 1 fully saturated rings. The fourth-order valence-corrected chi connectivity index (χ4v) is 2.68. The van der Waals surface area contributed by atoms with Crippen molar-refractivity contribution in [2.24, 2.45) is 0 Å². The van der Waals surface area contributed by atoms with Gasteiger partial charge in [0.15, 0.2) is 0 Å². The second-order valence-electron chi connectivity index (χ2n) is 5.13. The van der Waals surface area contributed by atoms with Gasteiger partial charge in [-0.2, -0.15) is 0 Å². The highest BCUT2D eigenvalue weighted by Gasteiger charge is 2.16. The van der Waals surface area contributed by atoms with E-state index in [2.05, 4.69) is 24.4 Å². The minimum absolute atomic E-state index is 0.129. The van der Waals surface area contributed by atoms with Crippen molar-refractivity contribution < 1.29 is 5.11 Å². The maximum Gasteiger partial charge on any atom is 0.0681 e. The molecule has 2 nitrogen and oxygen atoms in total. The SMILES string of the molecule is CC(NC1CCCCC1)c1cccc(CO)c1. The van der Waals surface area contributed by atoms with Crippen molar-refractivity contribution in [2.75, 3.05) is 0 Å². The Morgan fingerprint density at radius 2 is 2.06 bits per heavy atom. The van der Waals surface area contributed by atoms with Crippen molar-refractivity contribution >= 4 is 0 Å². The van der Waals surface area contributed by atoms with Crippen LogP contribution in [0, 0.1) is 0 Å². The molecular weight excluding hydrogens is 210 g/mol. The minimum atomic E-state index is 0.129. The Balaban J connectivity index is 1.95. The van der Waals surface area contributed by atoms with Gasteiger partial charge >= 0.3 is 0 Å². The minimum Gasteiger partial charge on any atom is -0.392 e. The predicted octanol–water partition coefficient (Wildman–Crippen LogP) is 3.16. The zero-order valence-corrected chi connectivity index (χ0v) is 10.7. The van der Waals surface area contributed by atoms with E-state index >= 15 is 0 Å². The van der Waals surface area contributed by atoms with E-state index < -0.39 is 0 Å². The van der Waals surface area contributed by atoms with Crippen molar-refractivity contribution in [3.63, 3.8) is 0 Å².